The third kappa shape index (κ3) is 3.33. The largest absolute Gasteiger partial charge is 0.465 e. The van der Waals surface area contributed by atoms with E-state index in [1.54, 1.807) is 13.0 Å². The van der Waals surface area contributed by atoms with Crippen LogP contribution in [0.15, 0.2) is 34.7 Å². The predicted octanol–water partition coefficient (Wildman–Crippen LogP) is 3.20. The quantitative estimate of drug-likeness (QED) is 0.779. The minimum atomic E-state index is -0.405. The highest BCUT2D eigenvalue weighted by Crippen LogP contribution is 2.28. The molecule has 2 heterocycles. The van der Waals surface area contributed by atoms with Gasteiger partial charge in [-0.15, -0.1) is 11.8 Å². The van der Waals surface area contributed by atoms with Gasteiger partial charge in [-0.3, -0.25) is 4.79 Å². The molecule has 6 heteroatoms. The van der Waals surface area contributed by atoms with E-state index in [-0.39, 0.29) is 5.91 Å². The van der Waals surface area contributed by atoms with Crippen molar-refractivity contribution in [3.63, 3.8) is 0 Å². The molecule has 0 fully saturated rings. The number of anilines is 1. The van der Waals surface area contributed by atoms with Crippen LogP contribution in [0.4, 0.5) is 5.69 Å². The number of rotatable bonds is 5. The Labute approximate surface area is 145 Å². The number of hydrogen-bond donors (Lipinski definition) is 0. The van der Waals surface area contributed by atoms with Gasteiger partial charge in [-0.2, -0.15) is 0 Å². The highest BCUT2D eigenvalue weighted by atomic mass is 32.2. The summed E-state index contributed by atoms with van der Waals surface area (Å²) in [5.41, 5.74) is 2.68. The molecule has 0 atom stereocenters. The molecule has 1 aliphatic rings. The first kappa shape index (κ1) is 16.6. The van der Waals surface area contributed by atoms with Crippen LogP contribution < -0.4 is 4.90 Å². The number of hydrogen-bond acceptors (Lipinski definition) is 5. The Morgan fingerprint density at radius 2 is 2.12 bits per heavy atom. The number of ether oxygens (including phenoxy) is 1. The average molecular weight is 345 g/mol. The van der Waals surface area contributed by atoms with E-state index in [0.29, 0.717) is 28.6 Å². The number of carbonyl (C=O) groups is 2. The lowest BCUT2D eigenvalue weighted by Crippen LogP contribution is -2.30. The van der Waals surface area contributed by atoms with Gasteiger partial charge in [0.2, 0.25) is 5.91 Å². The predicted molar refractivity (Wildman–Crippen MR) is 93.4 cm³/mol. The minimum Gasteiger partial charge on any atom is -0.465 e. The van der Waals surface area contributed by atoms with Crippen LogP contribution in [0.25, 0.3) is 0 Å². The molecule has 126 valence electrons. The number of esters is 1. The van der Waals surface area contributed by atoms with E-state index in [1.807, 2.05) is 23.1 Å². The zero-order valence-electron chi connectivity index (χ0n) is 13.7. The van der Waals surface area contributed by atoms with Crippen molar-refractivity contribution in [1.82, 2.24) is 0 Å². The molecule has 1 amide bonds. The van der Waals surface area contributed by atoms with Crippen LogP contribution in [-0.4, -0.2) is 31.3 Å². The van der Waals surface area contributed by atoms with Gasteiger partial charge in [0.05, 0.1) is 18.6 Å². The SMILES string of the molecule is COC(=O)c1cc(CSCC(=O)N2CCc3ccccc32)oc1C. The molecule has 0 radical (unpaired) electrons. The molecule has 0 aliphatic carbocycles. The van der Waals surface area contributed by atoms with Crippen LogP contribution in [0.2, 0.25) is 0 Å². The van der Waals surface area contributed by atoms with E-state index in [2.05, 4.69) is 6.07 Å². The number of amides is 1. The van der Waals surface area contributed by atoms with Gasteiger partial charge >= 0.3 is 5.97 Å². The lowest BCUT2D eigenvalue weighted by atomic mass is 10.2. The normalized spacial score (nSPS) is 13.0. The van der Waals surface area contributed by atoms with Crippen LogP contribution in [0.5, 0.6) is 0 Å². The number of furan rings is 1. The number of fused-ring (bicyclic) bond motifs is 1. The summed E-state index contributed by atoms with van der Waals surface area (Å²) in [7, 11) is 1.34. The smallest absolute Gasteiger partial charge is 0.341 e. The molecule has 1 aromatic carbocycles. The Bertz CT molecular complexity index is 768. The molecule has 5 nitrogen and oxygen atoms in total. The summed E-state index contributed by atoms with van der Waals surface area (Å²) in [4.78, 5) is 25.8. The van der Waals surface area contributed by atoms with Crippen molar-refractivity contribution in [1.29, 1.82) is 0 Å². The van der Waals surface area contributed by atoms with Crippen LogP contribution in [0.3, 0.4) is 0 Å². The Hall–Kier alpha value is -2.21. The Morgan fingerprint density at radius 1 is 1.33 bits per heavy atom. The number of thioether (sulfide) groups is 1. The second-order valence-corrected chi connectivity index (χ2v) is 6.58. The van der Waals surface area contributed by atoms with Gasteiger partial charge in [0, 0.05) is 12.2 Å². The van der Waals surface area contributed by atoms with Crippen LogP contribution in [0, 0.1) is 6.92 Å². The van der Waals surface area contributed by atoms with Crippen molar-refractivity contribution in [2.45, 2.75) is 19.1 Å². The molecular formula is C18H19NO4S. The molecule has 1 aromatic heterocycles. The first-order valence-electron chi connectivity index (χ1n) is 7.74. The molecule has 2 aromatic rings. The molecule has 24 heavy (non-hydrogen) atoms. The zero-order chi connectivity index (χ0) is 17.1. The molecule has 3 rings (SSSR count). The topological polar surface area (TPSA) is 59.8 Å². The summed E-state index contributed by atoms with van der Waals surface area (Å²) >= 11 is 1.48. The Balaban J connectivity index is 1.56. The summed E-state index contributed by atoms with van der Waals surface area (Å²) in [5, 5.41) is 0. The fraction of sp³-hybridized carbons (Fsp3) is 0.333. The number of carbonyl (C=O) groups excluding carboxylic acids is 2. The van der Waals surface area contributed by atoms with Crippen molar-refractivity contribution in [3.8, 4) is 0 Å². The van der Waals surface area contributed by atoms with Gasteiger partial charge in [0.1, 0.15) is 17.1 Å². The summed E-state index contributed by atoms with van der Waals surface area (Å²) in [6.07, 6.45) is 0.909. The fourth-order valence-corrected chi connectivity index (χ4v) is 3.62. The fourth-order valence-electron chi connectivity index (χ4n) is 2.84. The third-order valence-electron chi connectivity index (χ3n) is 4.03. The molecule has 1 aliphatic heterocycles. The molecule has 0 N–H and O–H groups in total. The van der Waals surface area contributed by atoms with Gasteiger partial charge in [0.15, 0.2) is 0 Å². The zero-order valence-corrected chi connectivity index (χ0v) is 14.5. The van der Waals surface area contributed by atoms with E-state index < -0.39 is 5.97 Å². The molecule has 0 unspecified atom stereocenters. The van der Waals surface area contributed by atoms with Crippen LogP contribution in [0.1, 0.15) is 27.4 Å². The highest BCUT2D eigenvalue weighted by molar-refractivity contribution is 7.99. The maximum Gasteiger partial charge on any atom is 0.341 e. The van der Waals surface area contributed by atoms with E-state index in [9.17, 15) is 9.59 Å². The summed E-state index contributed by atoms with van der Waals surface area (Å²) in [6.45, 7) is 2.47. The number of para-hydroxylation sites is 1. The Morgan fingerprint density at radius 3 is 2.92 bits per heavy atom. The van der Waals surface area contributed by atoms with Crippen molar-refractivity contribution in [3.05, 3.63) is 53.0 Å². The molecule has 0 bridgehead atoms. The maximum absolute atomic E-state index is 12.4. The van der Waals surface area contributed by atoms with E-state index >= 15 is 0 Å². The van der Waals surface area contributed by atoms with Gasteiger partial charge in [0.25, 0.3) is 0 Å². The highest BCUT2D eigenvalue weighted by Gasteiger charge is 2.24. The lowest BCUT2D eigenvalue weighted by Gasteiger charge is -2.16. The summed E-state index contributed by atoms with van der Waals surface area (Å²) < 4.78 is 10.3. The van der Waals surface area contributed by atoms with Crippen molar-refractivity contribution in [2.24, 2.45) is 0 Å². The molecule has 0 saturated carbocycles. The maximum atomic E-state index is 12.4. The number of methoxy groups -OCH3 is 1. The van der Waals surface area contributed by atoms with Gasteiger partial charge in [-0.25, -0.2) is 4.79 Å². The average Bonchev–Trinajstić information content (AvgIpc) is 3.17. The molecule has 0 spiro atoms. The van der Waals surface area contributed by atoms with Crippen LogP contribution in [-0.2, 0) is 21.7 Å². The first-order valence-corrected chi connectivity index (χ1v) is 8.89. The van der Waals surface area contributed by atoms with Gasteiger partial charge in [-0.05, 0) is 31.0 Å². The Kier molecular flexibility index (Phi) is 4.94. The minimum absolute atomic E-state index is 0.0985. The molecule has 0 saturated heterocycles. The van der Waals surface area contributed by atoms with Gasteiger partial charge in [-0.1, -0.05) is 18.2 Å². The van der Waals surface area contributed by atoms with E-state index in [0.717, 1.165) is 18.7 Å². The number of nitrogens with zero attached hydrogens (tertiary/aromatic N) is 1. The monoisotopic (exact) mass is 345 g/mol. The van der Waals surface area contributed by atoms with E-state index in [4.69, 9.17) is 9.15 Å². The second kappa shape index (κ2) is 7.13. The molecular weight excluding hydrogens is 326 g/mol. The third-order valence-corrected chi connectivity index (χ3v) is 4.97. The first-order chi connectivity index (χ1) is 11.6. The van der Waals surface area contributed by atoms with E-state index in [1.165, 1.54) is 24.4 Å². The summed E-state index contributed by atoms with van der Waals surface area (Å²) in [6, 6.07) is 9.69. The van der Waals surface area contributed by atoms with Crippen molar-refractivity contribution in [2.75, 3.05) is 24.3 Å². The lowest BCUT2D eigenvalue weighted by molar-refractivity contribution is -0.116. The van der Waals surface area contributed by atoms with Crippen molar-refractivity contribution >= 4 is 29.3 Å². The van der Waals surface area contributed by atoms with Crippen LogP contribution >= 0.6 is 11.8 Å². The van der Waals surface area contributed by atoms with Crippen molar-refractivity contribution < 1.29 is 18.7 Å². The van der Waals surface area contributed by atoms with Gasteiger partial charge < -0.3 is 14.1 Å². The number of aryl methyl sites for hydroxylation is 1. The standard InChI is InChI=1S/C18H19NO4S/c1-12-15(18(21)22-2)9-14(23-12)10-24-11-17(20)19-8-7-13-5-3-4-6-16(13)19/h3-6,9H,7-8,10-11H2,1-2H3. The second-order valence-electron chi connectivity index (χ2n) is 5.59. The summed E-state index contributed by atoms with van der Waals surface area (Å²) in [5.74, 6) is 1.82. The number of benzene rings is 1.